The van der Waals surface area contributed by atoms with Crippen LogP contribution in [-0.4, -0.2) is 21.4 Å². The van der Waals surface area contributed by atoms with Crippen LogP contribution in [0.5, 0.6) is 0 Å². The molecule has 0 spiro atoms. The highest BCUT2D eigenvalue weighted by atomic mass is 16.6. The Morgan fingerprint density at radius 3 is 1.25 bits per heavy atom. The summed E-state index contributed by atoms with van der Waals surface area (Å²) in [4.78, 5) is 45.6. The van der Waals surface area contributed by atoms with Gasteiger partial charge < -0.3 is 0 Å². The molecule has 0 saturated heterocycles. The quantitative estimate of drug-likeness (QED) is 0.527. The molecule has 0 amide bonds. The van der Waals surface area contributed by atoms with E-state index in [-0.39, 0.29) is 11.4 Å². The Kier molecular flexibility index (Phi) is 5.12. The summed E-state index contributed by atoms with van der Waals surface area (Å²) in [7, 11) is 0. The summed E-state index contributed by atoms with van der Waals surface area (Å²) in [5.74, 6) is -1.38. The Balaban J connectivity index is 2.87. The fraction of sp³-hybridized carbons (Fsp3) is 0.400. The topological polar surface area (TPSA) is 120 Å². The zero-order valence-electron chi connectivity index (χ0n) is 16.7. The van der Waals surface area contributed by atoms with Gasteiger partial charge in [0, 0.05) is 23.3 Å². The summed E-state index contributed by atoms with van der Waals surface area (Å²) >= 11 is 0. The third kappa shape index (κ3) is 3.90. The molecule has 2 rings (SSSR count). The Hall–Kier alpha value is -3.16. The minimum Gasteiger partial charge on any atom is -0.289 e. The molecule has 2 aliphatic rings. The van der Waals surface area contributed by atoms with Crippen LogP contribution in [0.15, 0.2) is 58.0 Å². The van der Waals surface area contributed by atoms with Gasteiger partial charge in [-0.1, -0.05) is 41.5 Å². The molecule has 0 aromatic rings. The lowest BCUT2D eigenvalue weighted by atomic mass is 9.71. The van der Waals surface area contributed by atoms with Crippen molar-refractivity contribution >= 4 is 11.6 Å². The van der Waals surface area contributed by atoms with E-state index in [1.54, 1.807) is 12.2 Å². The number of rotatable bonds is 2. The maximum absolute atomic E-state index is 13.0. The fourth-order valence-electron chi connectivity index (χ4n) is 2.95. The van der Waals surface area contributed by atoms with Crippen LogP contribution in [0, 0.1) is 31.1 Å². The molecule has 0 heterocycles. The average molecular weight is 386 g/mol. The number of allylic oxidation sites excluding steroid dienone is 8. The molecule has 0 atom stereocenters. The number of ketones is 2. The molecule has 8 nitrogen and oxygen atoms in total. The second-order valence-corrected chi connectivity index (χ2v) is 8.76. The molecule has 0 fully saturated rings. The van der Waals surface area contributed by atoms with E-state index in [0.29, 0.717) is 16.7 Å². The van der Waals surface area contributed by atoms with Gasteiger partial charge >= 0.3 is 17.2 Å². The van der Waals surface area contributed by atoms with Crippen molar-refractivity contribution in [1.82, 2.24) is 0 Å². The number of nitrogens with zero attached hydrogens (tertiary/aromatic N) is 2. The van der Waals surface area contributed by atoms with Crippen molar-refractivity contribution in [3.63, 3.8) is 0 Å². The molecular formula is C20H22N2O6. The smallest absolute Gasteiger partial charge is 0.289 e. The summed E-state index contributed by atoms with van der Waals surface area (Å²) in [6.45, 7) is 11.2. The molecular weight excluding hydrogens is 364 g/mol. The summed E-state index contributed by atoms with van der Waals surface area (Å²) < 4.78 is 0. The third-order valence-electron chi connectivity index (χ3n) is 4.48. The first kappa shape index (κ1) is 21.1. The van der Waals surface area contributed by atoms with Gasteiger partial charge in [0.05, 0.1) is 9.85 Å². The largest absolute Gasteiger partial charge is 0.332 e. The van der Waals surface area contributed by atoms with Crippen LogP contribution in [0.4, 0.5) is 0 Å². The molecule has 0 saturated carbocycles. The van der Waals surface area contributed by atoms with E-state index >= 15 is 0 Å². The second kappa shape index (κ2) is 6.78. The van der Waals surface area contributed by atoms with Crippen molar-refractivity contribution in [2.45, 2.75) is 41.5 Å². The fourth-order valence-corrected chi connectivity index (χ4v) is 2.95. The number of carbonyl (C=O) groups is 2. The summed E-state index contributed by atoms with van der Waals surface area (Å²) in [5.41, 5.74) is -1.21. The minimum atomic E-state index is -1.24. The van der Waals surface area contributed by atoms with Gasteiger partial charge in [0.1, 0.15) is 0 Å². The van der Waals surface area contributed by atoms with Gasteiger partial charge in [0.2, 0.25) is 0 Å². The Labute approximate surface area is 162 Å². The molecule has 0 bridgehead atoms. The van der Waals surface area contributed by atoms with Gasteiger partial charge in [-0.25, -0.2) is 0 Å². The van der Waals surface area contributed by atoms with E-state index in [2.05, 4.69) is 0 Å². The van der Waals surface area contributed by atoms with Crippen molar-refractivity contribution in [1.29, 1.82) is 0 Å². The maximum atomic E-state index is 13.0. The SMILES string of the molecule is CC(C)(C)C1=CC(=C2C=C([N+](=O)[O-])C(=O)C([N+](=O)[O-])=C2)C=C(C(C)(C)C)C1=O. The minimum absolute atomic E-state index is 0.131. The molecule has 0 unspecified atom stereocenters. The zero-order chi connectivity index (χ0) is 21.6. The van der Waals surface area contributed by atoms with Crippen molar-refractivity contribution in [2.75, 3.05) is 0 Å². The van der Waals surface area contributed by atoms with Gasteiger partial charge in [0.15, 0.2) is 5.78 Å². The van der Waals surface area contributed by atoms with Gasteiger partial charge in [-0.15, -0.1) is 0 Å². The lowest BCUT2D eigenvalue weighted by molar-refractivity contribution is -0.434. The first-order chi connectivity index (χ1) is 12.6. The van der Waals surface area contributed by atoms with Crippen LogP contribution in [-0.2, 0) is 9.59 Å². The van der Waals surface area contributed by atoms with Gasteiger partial charge in [-0.2, -0.15) is 0 Å². The summed E-state index contributed by atoms with van der Waals surface area (Å²) in [6, 6.07) is 0. The van der Waals surface area contributed by atoms with Crippen LogP contribution in [0.2, 0.25) is 0 Å². The molecule has 0 N–H and O–H groups in total. The van der Waals surface area contributed by atoms with Crippen molar-refractivity contribution in [3.8, 4) is 0 Å². The van der Waals surface area contributed by atoms with Gasteiger partial charge in [0.25, 0.3) is 0 Å². The third-order valence-corrected chi connectivity index (χ3v) is 4.48. The highest BCUT2D eigenvalue weighted by Crippen LogP contribution is 2.40. The normalized spacial score (nSPS) is 18.4. The van der Waals surface area contributed by atoms with E-state index < -0.39 is 37.9 Å². The summed E-state index contributed by atoms with van der Waals surface area (Å²) in [6.07, 6.45) is 5.22. The Morgan fingerprint density at radius 1 is 0.643 bits per heavy atom. The van der Waals surface area contributed by atoms with E-state index in [0.717, 1.165) is 12.2 Å². The molecule has 0 radical (unpaired) electrons. The van der Waals surface area contributed by atoms with E-state index in [1.165, 1.54) is 0 Å². The van der Waals surface area contributed by atoms with Crippen LogP contribution in [0.1, 0.15) is 41.5 Å². The highest BCUT2D eigenvalue weighted by molar-refractivity contribution is 6.12. The molecule has 0 aromatic heterocycles. The molecule has 148 valence electrons. The standard InChI is InChI=1S/C20H22N2O6/c1-19(2,3)13-7-11(8-14(17(13)23)20(4,5)6)12-9-15(21(25)26)18(24)16(10-12)22(27)28/h7-10H,1-6H3. The molecule has 0 aromatic carbocycles. The van der Waals surface area contributed by atoms with Crippen LogP contribution in [0.3, 0.4) is 0 Å². The van der Waals surface area contributed by atoms with E-state index in [1.807, 2.05) is 41.5 Å². The second-order valence-electron chi connectivity index (χ2n) is 8.76. The van der Waals surface area contributed by atoms with Crippen molar-refractivity contribution < 1.29 is 19.4 Å². The molecule has 28 heavy (non-hydrogen) atoms. The molecule has 2 aliphatic carbocycles. The zero-order valence-corrected chi connectivity index (χ0v) is 16.7. The van der Waals surface area contributed by atoms with E-state index in [4.69, 9.17) is 0 Å². The molecule has 8 heteroatoms. The van der Waals surface area contributed by atoms with Gasteiger partial charge in [-0.3, -0.25) is 29.8 Å². The predicted octanol–water partition coefficient (Wildman–Crippen LogP) is 3.71. The number of hydrogen-bond acceptors (Lipinski definition) is 6. The first-order valence-electron chi connectivity index (χ1n) is 8.65. The van der Waals surface area contributed by atoms with Crippen LogP contribution in [0.25, 0.3) is 0 Å². The molecule has 0 aliphatic heterocycles. The lowest BCUT2D eigenvalue weighted by Crippen LogP contribution is -2.28. The maximum Gasteiger partial charge on any atom is 0.332 e. The Bertz CT molecular complexity index is 888. The van der Waals surface area contributed by atoms with E-state index in [9.17, 15) is 29.8 Å². The number of Topliss-reactive ketones (excluding diaryl/α,β-unsaturated/α-hetero) is 2. The monoisotopic (exact) mass is 386 g/mol. The first-order valence-corrected chi connectivity index (χ1v) is 8.65. The van der Waals surface area contributed by atoms with Crippen molar-refractivity contribution in [3.05, 3.63) is 78.2 Å². The highest BCUT2D eigenvalue weighted by Gasteiger charge is 2.39. The predicted molar refractivity (Wildman–Crippen MR) is 102 cm³/mol. The average Bonchev–Trinajstić information content (AvgIpc) is 2.52. The Morgan fingerprint density at radius 2 is 0.964 bits per heavy atom. The summed E-state index contributed by atoms with van der Waals surface area (Å²) in [5, 5.41) is 22.4. The number of hydrogen-bond donors (Lipinski definition) is 0. The number of carbonyl (C=O) groups excluding carboxylic acids is 2. The lowest BCUT2D eigenvalue weighted by Gasteiger charge is -2.31. The van der Waals surface area contributed by atoms with Gasteiger partial charge in [-0.05, 0) is 34.1 Å². The van der Waals surface area contributed by atoms with Crippen LogP contribution < -0.4 is 0 Å². The number of nitro groups is 2. The van der Waals surface area contributed by atoms with Crippen molar-refractivity contribution in [2.24, 2.45) is 10.8 Å². The van der Waals surface area contributed by atoms with Crippen LogP contribution >= 0.6 is 0 Å².